The van der Waals surface area contributed by atoms with Crippen LogP contribution in [-0.2, 0) is 16.6 Å². The number of hydrogen-bond donors (Lipinski definition) is 2. The van der Waals surface area contributed by atoms with E-state index in [1.807, 2.05) is 13.8 Å². The van der Waals surface area contributed by atoms with Crippen LogP contribution in [-0.4, -0.2) is 21.4 Å². The molecule has 24 heavy (non-hydrogen) atoms. The quantitative estimate of drug-likeness (QED) is 0.563. The molecule has 3 N–H and O–H groups in total. The van der Waals surface area contributed by atoms with Crippen LogP contribution in [0.25, 0.3) is 10.9 Å². The summed E-state index contributed by atoms with van der Waals surface area (Å²) in [5.41, 5.74) is 6.77. The fourth-order valence-corrected chi connectivity index (χ4v) is 2.14. The highest BCUT2D eigenvalue weighted by Crippen LogP contribution is 2.14. The van der Waals surface area contributed by atoms with Crippen LogP contribution in [0.2, 0.25) is 0 Å². The lowest BCUT2D eigenvalue weighted by Crippen LogP contribution is -2.33. The van der Waals surface area contributed by atoms with Crippen molar-refractivity contribution in [2.24, 2.45) is 7.05 Å². The molecule has 0 saturated carbocycles. The van der Waals surface area contributed by atoms with Gasteiger partial charge < -0.3 is 5.73 Å². The summed E-state index contributed by atoms with van der Waals surface area (Å²) < 4.78 is 1.50. The third-order valence-corrected chi connectivity index (χ3v) is 3.45. The number of benzene rings is 1. The second kappa shape index (κ2) is 8.81. The van der Waals surface area contributed by atoms with Gasteiger partial charge in [-0.1, -0.05) is 19.9 Å². The Bertz CT molecular complexity index is 782. The van der Waals surface area contributed by atoms with Crippen LogP contribution in [0.1, 0.15) is 38.9 Å². The Morgan fingerprint density at radius 2 is 1.71 bits per heavy atom. The average molecular weight is 332 g/mol. The van der Waals surface area contributed by atoms with E-state index in [2.05, 4.69) is 10.3 Å². The molecule has 130 valence electrons. The predicted octanol–water partition coefficient (Wildman–Crippen LogP) is 1.66. The third kappa shape index (κ3) is 4.65. The number of imide groups is 1. The molecular formula is C17H24N4O3. The Morgan fingerprint density at radius 3 is 2.21 bits per heavy atom. The van der Waals surface area contributed by atoms with Gasteiger partial charge >= 0.3 is 0 Å². The molecule has 7 heteroatoms. The van der Waals surface area contributed by atoms with Gasteiger partial charge in [-0.15, -0.1) is 0 Å². The number of piperidine rings is 1. The van der Waals surface area contributed by atoms with E-state index in [1.165, 1.54) is 4.57 Å². The molecule has 3 rings (SSSR count). The van der Waals surface area contributed by atoms with Gasteiger partial charge in [0.2, 0.25) is 11.8 Å². The monoisotopic (exact) mass is 332 g/mol. The number of hydrogen-bond acceptors (Lipinski definition) is 5. The average Bonchev–Trinajstić information content (AvgIpc) is 2.55. The van der Waals surface area contributed by atoms with Crippen LogP contribution in [0.3, 0.4) is 0 Å². The number of nitrogens with one attached hydrogen (secondary N) is 1. The molecule has 1 aliphatic heterocycles. The Kier molecular flexibility index (Phi) is 7.10. The van der Waals surface area contributed by atoms with Crippen molar-refractivity contribution in [1.82, 2.24) is 14.9 Å². The number of nitrogen functional groups attached to an aromatic ring is 1. The molecule has 0 radical (unpaired) electrons. The number of rotatable bonds is 0. The fourth-order valence-electron chi connectivity index (χ4n) is 2.14. The van der Waals surface area contributed by atoms with E-state index in [9.17, 15) is 14.4 Å². The normalized spacial score (nSPS) is 13.3. The first-order valence-electron chi connectivity index (χ1n) is 7.94. The number of nitrogens with zero attached hydrogens (tertiary/aromatic N) is 2. The molecule has 0 spiro atoms. The predicted molar refractivity (Wildman–Crippen MR) is 94.5 cm³/mol. The summed E-state index contributed by atoms with van der Waals surface area (Å²) in [7, 11) is 1.69. The Hall–Kier alpha value is -2.70. The Labute approximate surface area is 140 Å². The number of aromatic nitrogens is 2. The van der Waals surface area contributed by atoms with E-state index in [1.54, 1.807) is 32.2 Å². The molecule has 1 saturated heterocycles. The molecule has 0 bridgehead atoms. The smallest absolute Gasteiger partial charge is 0.263 e. The van der Waals surface area contributed by atoms with Gasteiger partial charge in [0.05, 0.1) is 10.9 Å². The Balaban J connectivity index is 0.000000245. The highest BCUT2D eigenvalue weighted by molar-refractivity contribution is 5.97. The number of nitrogens with two attached hydrogens (primary N) is 1. The minimum atomic E-state index is -0.138. The Morgan fingerprint density at radius 1 is 1.12 bits per heavy atom. The van der Waals surface area contributed by atoms with Crippen LogP contribution >= 0.6 is 0 Å². The van der Waals surface area contributed by atoms with Crippen LogP contribution in [0.5, 0.6) is 0 Å². The molecule has 7 nitrogen and oxygen atoms in total. The van der Waals surface area contributed by atoms with Crippen molar-refractivity contribution in [3.05, 3.63) is 34.4 Å². The molecule has 2 aromatic rings. The van der Waals surface area contributed by atoms with Crippen LogP contribution in [0, 0.1) is 6.92 Å². The zero-order valence-electron chi connectivity index (χ0n) is 14.5. The third-order valence-electron chi connectivity index (χ3n) is 3.45. The summed E-state index contributed by atoms with van der Waals surface area (Å²) in [5, 5.41) is 2.70. The largest absolute Gasteiger partial charge is 0.398 e. The second-order valence-corrected chi connectivity index (χ2v) is 5.09. The molecule has 2 heterocycles. The zero-order chi connectivity index (χ0) is 18.3. The number of anilines is 1. The van der Waals surface area contributed by atoms with Crippen molar-refractivity contribution >= 4 is 28.4 Å². The first-order valence-corrected chi connectivity index (χ1v) is 7.94. The van der Waals surface area contributed by atoms with Gasteiger partial charge in [0.15, 0.2) is 0 Å². The minimum Gasteiger partial charge on any atom is -0.398 e. The molecule has 0 unspecified atom stereocenters. The maximum Gasteiger partial charge on any atom is 0.263 e. The molecule has 1 aliphatic rings. The lowest BCUT2D eigenvalue weighted by atomic mass is 10.1. The fraction of sp³-hybridized carbons (Fsp3) is 0.412. The van der Waals surface area contributed by atoms with Crippen molar-refractivity contribution < 1.29 is 9.59 Å². The highest BCUT2D eigenvalue weighted by Gasteiger charge is 2.13. The van der Waals surface area contributed by atoms with Crippen molar-refractivity contribution in [3.63, 3.8) is 0 Å². The van der Waals surface area contributed by atoms with E-state index in [-0.39, 0.29) is 17.4 Å². The number of aryl methyl sites for hydroxylation is 1. The van der Waals surface area contributed by atoms with E-state index < -0.39 is 0 Å². The summed E-state index contributed by atoms with van der Waals surface area (Å²) in [6.07, 6.45) is 1.72. The van der Waals surface area contributed by atoms with Gasteiger partial charge in [0.25, 0.3) is 5.56 Å². The molecular weight excluding hydrogens is 308 g/mol. The zero-order valence-corrected chi connectivity index (χ0v) is 14.5. The second-order valence-electron chi connectivity index (χ2n) is 5.09. The van der Waals surface area contributed by atoms with Gasteiger partial charge in [-0.3, -0.25) is 24.3 Å². The van der Waals surface area contributed by atoms with E-state index >= 15 is 0 Å². The number of carbonyl (C=O) groups excluding carboxylic acids is 2. The van der Waals surface area contributed by atoms with Crippen LogP contribution in [0.4, 0.5) is 5.69 Å². The summed E-state index contributed by atoms with van der Waals surface area (Å²) in [5.74, 6) is 0.413. The maximum absolute atomic E-state index is 11.8. The molecule has 1 aromatic carbocycles. The van der Waals surface area contributed by atoms with Gasteiger partial charge in [-0.25, -0.2) is 4.98 Å². The van der Waals surface area contributed by atoms with E-state index in [4.69, 9.17) is 5.73 Å². The standard InChI is InChI=1S/C10H11N3O.C5H7NO2.C2H6/c1-6-12-8-5-3-4-7(11)9(8)10(14)13(6)2;7-4-2-1-3-5(8)6-4;1-2/h3-5H,11H2,1-2H3;1-3H2,(H,6,7,8);1-2H3. The summed E-state index contributed by atoms with van der Waals surface area (Å²) >= 11 is 0. The molecule has 2 amide bonds. The van der Waals surface area contributed by atoms with E-state index in [0.717, 1.165) is 0 Å². The van der Waals surface area contributed by atoms with Crippen LogP contribution in [0.15, 0.2) is 23.0 Å². The summed E-state index contributed by atoms with van der Waals surface area (Å²) in [6.45, 7) is 5.80. The van der Waals surface area contributed by atoms with Gasteiger partial charge in [0, 0.05) is 25.6 Å². The molecule has 1 fully saturated rings. The topological polar surface area (TPSA) is 107 Å². The van der Waals surface area contributed by atoms with E-state index in [0.29, 0.717) is 41.7 Å². The number of fused-ring (bicyclic) bond motifs is 1. The molecule has 1 aromatic heterocycles. The summed E-state index contributed by atoms with van der Waals surface area (Å²) in [4.78, 5) is 36.8. The number of amides is 2. The van der Waals surface area contributed by atoms with Crippen molar-refractivity contribution in [1.29, 1.82) is 0 Å². The first kappa shape index (κ1) is 19.3. The lowest BCUT2D eigenvalue weighted by molar-refractivity contribution is -0.132. The van der Waals surface area contributed by atoms with Crippen molar-refractivity contribution in [2.45, 2.75) is 40.0 Å². The SMILES string of the molecule is CC.Cc1nc2cccc(N)c2c(=O)n1C.O=C1CCCC(=O)N1. The summed E-state index contributed by atoms with van der Waals surface area (Å²) in [6, 6.07) is 5.30. The lowest BCUT2D eigenvalue weighted by Gasteiger charge is -2.07. The highest BCUT2D eigenvalue weighted by atomic mass is 16.2. The van der Waals surface area contributed by atoms with Crippen molar-refractivity contribution in [2.75, 3.05) is 5.73 Å². The van der Waals surface area contributed by atoms with Gasteiger partial charge in [-0.05, 0) is 25.5 Å². The first-order chi connectivity index (χ1) is 11.4. The van der Waals surface area contributed by atoms with Gasteiger partial charge in [-0.2, -0.15) is 0 Å². The maximum atomic E-state index is 11.8. The molecule has 0 aliphatic carbocycles. The van der Waals surface area contributed by atoms with Gasteiger partial charge in [0.1, 0.15) is 5.82 Å². The minimum absolute atomic E-state index is 0.0920. The van der Waals surface area contributed by atoms with Crippen LogP contribution < -0.4 is 16.6 Å². The van der Waals surface area contributed by atoms with Crippen molar-refractivity contribution in [3.8, 4) is 0 Å². The molecule has 0 atom stereocenters. The number of carbonyl (C=O) groups is 2.